The van der Waals surface area contributed by atoms with Crippen molar-refractivity contribution in [1.29, 1.82) is 0 Å². The van der Waals surface area contributed by atoms with Crippen LogP contribution in [0.25, 0.3) is 0 Å². The smallest absolute Gasteiger partial charge is 0.0626 e. The number of para-hydroxylation sites is 2. The minimum atomic E-state index is 0.270. The maximum atomic E-state index is 6.33. The molecule has 0 saturated heterocycles. The molecule has 9 rings (SSSR count). The monoisotopic (exact) mass is 885 g/mol. The summed E-state index contributed by atoms with van der Waals surface area (Å²) >= 11 is 0. The molecule has 342 valence electrons. The van der Waals surface area contributed by atoms with Gasteiger partial charge >= 0.3 is 0 Å². The summed E-state index contributed by atoms with van der Waals surface area (Å²) in [6, 6.07) is 46.2. The molecule has 67 heavy (non-hydrogen) atoms. The predicted molar refractivity (Wildman–Crippen MR) is 286 cm³/mol. The zero-order chi connectivity index (χ0) is 45.8. The number of fused-ring (bicyclic) bond motifs is 2. The summed E-state index contributed by atoms with van der Waals surface area (Å²) in [5, 5.41) is 4.00. The molecular weight excluding hydrogens is 817 g/mol. The number of nitrogen functional groups attached to an aromatic ring is 1. The average molecular weight is 885 g/mol. The summed E-state index contributed by atoms with van der Waals surface area (Å²) in [4.78, 5) is 19.5. The van der Waals surface area contributed by atoms with Gasteiger partial charge in [-0.05, 0) is 202 Å². The van der Waals surface area contributed by atoms with Gasteiger partial charge in [0.05, 0.1) is 22.8 Å². The van der Waals surface area contributed by atoms with Crippen molar-refractivity contribution in [2.45, 2.75) is 89.4 Å². The fraction of sp³-hybridized carbons (Fsp3) is 0.344. The highest BCUT2D eigenvalue weighted by Gasteiger charge is 2.40. The summed E-state index contributed by atoms with van der Waals surface area (Å²) in [5.74, 6) is 3.53. The van der Waals surface area contributed by atoms with Gasteiger partial charge < -0.3 is 11.1 Å². The number of nitrogens with zero attached hydrogens (tertiary/aromatic N) is 4. The Morgan fingerprint density at radius 2 is 1.25 bits per heavy atom. The normalized spacial score (nSPS) is 25.1. The molecule has 5 aromatic carbocycles. The van der Waals surface area contributed by atoms with Crippen molar-refractivity contribution in [3.8, 4) is 0 Å². The van der Waals surface area contributed by atoms with E-state index in [4.69, 9.17) is 20.7 Å². The summed E-state index contributed by atoms with van der Waals surface area (Å²) in [6.45, 7) is 6.88. The molecule has 3 fully saturated rings. The van der Waals surface area contributed by atoms with Gasteiger partial charge in [-0.2, -0.15) is 0 Å². The summed E-state index contributed by atoms with van der Waals surface area (Å²) in [7, 11) is 0. The van der Waals surface area contributed by atoms with Crippen molar-refractivity contribution in [2.24, 2.45) is 55.5 Å². The highest BCUT2D eigenvalue weighted by atomic mass is 14.9. The average Bonchev–Trinajstić information content (AvgIpc) is 3.54. The topological polar surface area (TPSA) is 87.5 Å². The first kappa shape index (κ1) is 45.7. The van der Waals surface area contributed by atoms with Crippen LogP contribution in [0.1, 0.15) is 112 Å². The largest absolute Gasteiger partial charge is 0.399 e. The Hall–Kier alpha value is -6.40. The Morgan fingerprint density at radius 3 is 1.90 bits per heavy atom. The number of hydrogen-bond acceptors (Lipinski definition) is 6. The van der Waals surface area contributed by atoms with Crippen LogP contribution in [0.4, 0.5) is 28.4 Å². The first-order chi connectivity index (χ1) is 33.0. The van der Waals surface area contributed by atoms with Crippen molar-refractivity contribution in [1.82, 2.24) is 0 Å². The second-order valence-electron chi connectivity index (χ2n) is 19.5. The van der Waals surface area contributed by atoms with E-state index in [1.54, 1.807) is 0 Å². The Labute approximate surface area is 399 Å². The molecule has 3 N–H and O–H groups in total. The molecule has 5 atom stereocenters. The van der Waals surface area contributed by atoms with E-state index in [1.807, 2.05) is 25.2 Å². The van der Waals surface area contributed by atoms with Gasteiger partial charge in [-0.3, -0.25) is 20.0 Å². The van der Waals surface area contributed by atoms with Crippen LogP contribution < -0.4 is 11.1 Å². The lowest BCUT2D eigenvalue weighted by Gasteiger charge is -2.39. The molecule has 1 heterocycles. The lowest BCUT2D eigenvalue weighted by molar-refractivity contribution is 0.207. The van der Waals surface area contributed by atoms with Gasteiger partial charge in [0.1, 0.15) is 0 Å². The number of benzene rings is 5. The third kappa shape index (κ3) is 11.8. The molecule has 3 saturated carbocycles. The van der Waals surface area contributed by atoms with Gasteiger partial charge in [0.25, 0.3) is 0 Å². The van der Waals surface area contributed by atoms with E-state index in [0.717, 1.165) is 106 Å². The maximum Gasteiger partial charge on any atom is 0.0626 e. The minimum Gasteiger partial charge on any atom is -0.399 e. The van der Waals surface area contributed by atoms with Crippen LogP contribution in [0.15, 0.2) is 184 Å². The molecule has 0 bridgehead atoms. The summed E-state index contributed by atoms with van der Waals surface area (Å²) in [5.41, 5.74) is 19.4. The Morgan fingerprint density at radius 1 is 0.657 bits per heavy atom. The highest BCUT2D eigenvalue weighted by molar-refractivity contribution is 6.03. The molecular formula is C61H68N6. The van der Waals surface area contributed by atoms with E-state index in [9.17, 15) is 0 Å². The van der Waals surface area contributed by atoms with Crippen molar-refractivity contribution >= 4 is 52.8 Å². The van der Waals surface area contributed by atoms with Crippen LogP contribution in [-0.2, 0) is 0 Å². The number of nitrogens with one attached hydrogen (secondary N) is 1. The second kappa shape index (κ2) is 22.4. The number of nitrogens with two attached hydrogens (primary N) is 1. The van der Waals surface area contributed by atoms with E-state index in [2.05, 4.69) is 169 Å². The molecule has 0 spiro atoms. The molecule has 6 nitrogen and oxygen atoms in total. The Bertz CT molecular complexity index is 2570. The Balaban J connectivity index is 0.980. The fourth-order valence-corrected chi connectivity index (χ4v) is 11.5. The van der Waals surface area contributed by atoms with Crippen LogP contribution in [0, 0.1) is 35.5 Å². The van der Waals surface area contributed by atoms with Gasteiger partial charge in [-0.25, -0.2) is 0 Å². The lowest BCUT2D eigenvalue weighted by atomic mass is 9.65. The number of allylic oxidation sites excluding steroid dienone is 4. The van der Waals surface area contributed by atoms with Crippen molar-refractivity contribution in [2.75, 3.05) is 17.6 Å². The molecule has 5 unspecified atom stereocenters. The van der Waals surface area contributed by atoms with Gasteiger partial charge in [0.15, 0.2) is 0 Å². The standard InChI is InChI=1S/C61H68N6/c1-3-11-53(4-2)63-38-43-16-18-44(19-17-43)39-65-56-32-27-48(28-33-56)60(47-23-20-45(21-24-47)40-64-54-12-7-5-8-13-54)50-29-35-59-58(37-50)61(49-25-30-52(62)31-26-49)57-34-22-46(36-51(57)42-67-59)41-66-55-14-9-6-10-15-55/h3-15,25-33,35,37-41,44-47,51,57,60-61,67H,2,16-24,34,36,42,62H2,1H3/b11-3-,43-38?,63-53?,64-40?,65-39?,66-41?. The molecule has 6 heteroatoms. The van der Waals surface area contributed by atoms with Gasteiger partial charge in [0, 0.05) is 54.6 Å². The summed E-state index contributed by atoms with van der Waals surface area (Å²) in [6.07, 6.45) is 26.9. The minimum absolute atomic E-state index is 0.270. The zero-order valence-electron chi connectivity index (χ0n) is 39.3. The van der Waals surface area contributed by atoms with Crippen LogP contribution in [0.2, 0.25) is 0 Å². The molecule has 4 aliphatic rings. The SMILES string of the molecule is C=CC(/C=C\C)=NC=C1CCC(C=Nc2ccc(C(c3ccc4c(c3)C(c3ccc(N)cc3)C3CCC(C=Nc5ccccc5)CC3CN4)C3CCC(C=Nc4ccccc4)CC3)cc2)CC1. The van der Waals surface area contributed by atoms with E-state index in [0.29, 0.717) is 35.5 Å². The Kier molecular flexibility index (Phi) is 15.3. The van der Waals surface area contributed by atoms with E-state index in [-0.39, 0.29) is 11.8 Å². The van der Waals surface area contributed by atoms with Crippen LogP contribution in [0.5, 0.6) is 0 Å². The van der Waals surface area contributed by atoms with Crippen molar-refractivity contribution in [3.05, 3.63) is 186 Å². The first-order valence-electron chi connectivity index (χ1n) is 25.1. The summed E-state index contributed by atoms with van der Waals surface area (Å²) < 4.78 is 0. The van der Waals surface area contributed by atoms with Crippen LogP contribution >= 0.6 is 0 Å². The van der Waals surface area contributed by atoms with Crippen LogP contribution in [-0.4, -0.2) is 30.9 Å². The predicted octanol–water partition coefficient (Wildman–Crippen LogP) is 15.6. The molecule has 0 aromatic heterocycles. The molecule has 3 aliphatic carbocycles. The first-order valence-corrected chi connectivity index (χ1v) is 25.1. The lowest BCUT2D eigenvalue weighted by Crippen LogP contribution is -2.32. The van der Waals surface area contributed by atoms with Gasteiger partial charge in [0.2, 0.25) is 0 Å². The highest BCUT2D eigenvalue weighted by Crippen LogP contribution is 2.51. The molecule has 0 radical (unpaired) electrons. The number of anilines is 2. The van der Waals surface area contributed by atoms with Crippen molar-refractivity contribution in [3.63, 3.8) is 0 Å². The zero-order valence-corrected chi connectivity index (χ0v) is 39.3. The second-order valence-corrected chi connectivity index (χ2v) is 19.5. The van der Waals surface area contributed by atoms with Crippen LogP contribution in [0.3, 0.4) is 0 Å². The number of rotatable bonds is 13. The molecule has 0 amide bonds. The van der Waals surface area contributed by atoms with Crippen molar-refractivity contribution < 1.29 is 0 Å². The van der Waals surface area contributed by atoms with E-state index < -0.39 is 0 Å². The number of aliphatic imine (C=N–C) groups is 4. The van der Waals surface area contributed by atoms with E-state index >= 15 is 0 Å². The van der Waals surface area contributed by atoms with Gasteiger partial charge in [-0.15, -0.1) is 0 Å². The van der Waals surface area contributed by atoms with E-state index in [1.165, 1.54) is 33.5 Å². The fourth-order valence-electron chi connectivity index (χ4n) is 11.5. The number of hydrogen-bond donors (Lipinski definition) is 2. The third-order valence-electron chi connectivity index (χ3n) is 15.1. The quantitative estimate of drug-likeness (QED) is 0.0911. The molecule has 5 aromatic rings. The third-order valence-corrected chi connectivity index (χ3v) is 15.1. The maximum absolute atomic E-state index is 6.33. The van der Waals surface area contributed by atoms with Gasteiger partial charge in [-0.1, -0.05) is 91.0 Å². The molecule has 1 aliphatic heterocycles.